The van der Waals surface area contributed by atoms with Crippen molar-refractivity contribution < 1.29 is 9.21 Å². The fourth-order valence-electron chi connectivity index (χ4n) is 3.85. The molecule has 1 amide bonds. The second kappa shape index (κ2) is 8.98. The van der Waals surface area contributed by atoms with Crippen molar-refractivity contribution >= 4 is 82.8 Å². The predicted molar refractivity (Wildman–Crippen MR) is 148 cm³/mol. The Balaban J connectivity index is 1.48. The van der Waals surface area contributed by atoms with Crippen LogP contribution in [0.5, 0.6) is 0 Å². The number of benzene rings is 3. The van der Waals surface area contributed by atoms with Crippen LogP contribution in [0.3, 0.4) is 0 Å². The Morgan fingerprint density at radius 3 is 2.64 bits per heavy atom. The van der Waals surface area contributed by atoms with Gasteiger partial charge in [-0.05, 0) is 42.8 Å². The third-order valence-corrected chi connectivity index (χ3v) is 8.31. The molecular weight excluding hydrogens is 514 g/mol. The lowest BCUT2D eigenvalue weighted by atomic mass is 10.2. The fourth-order valence-corrected chi connectivity index (χ4v) is 6.31. The molecule has 0 unspecified atom stereocenters. The Bertz CT molecular complexity index is 1890. The molecule has 3 aromatic heterocycles. The first kappa shape index (κ1) is 22.6. The number of hydrogen-bond donors (Lipinski definition) is 0. The zero-order valence-corrected chi connectivity index (χ0v) is 21.2. The van der Waals surface area contributed by atoms with E-state index < -0.39 is 5.91 Å². The monoisotopic (exact) mass is 529 g/mol. The molecule has 0 atom stereocenters. The van der Waals surface area contributed by atoms with Crippen molar-refractivity contribution in [1.29, 1.82) is 0 Å². The van der Waals surface area contributed by atoms with Crippen molar-refractivity contribution in [2.45, 2.75) is 6.92 Å². The van der Waals surface area contributed by atoms with Gasteiger partial charge in [0.1, 0.15) is 16.7 Å². The summed E-state index contributed by atoms with van der Waals surface area (Å²) in [6.07, 6.45) is 2.67. The summed E-state index contributed by atoms with van der Waals surface area (Å²) in [5.41, 5.74) is 2.28. The van der Waals surface area contributed by atoms with Gasteiger partial charge in [-0.2, -0.15) is 10.1 Å². The van der Waals surface area contributed by atoms with Gasteiger partial charge < -0.3 is 4.42 Å². The molecule has 0 saturated heterocycles. The highest BCUT2D eigenvalue weighted by Gasteiger charge is 2.26. The zero-order valence-electron chi connectivity index (χ0n) is 18.8. The topological polar surface area (TPSA) is 75.8 Å². The molecule has 0 bridgehead atoms. The molecule has 3 heterocycles. The van der Waals surface area contributed by atoms with Gasteiger partial charge in [-0.1, -0.05) is 59.3 Å². The van der Waals surface area contributed by atoms with Gasteiger partial charge in [0.2, 0.25) is 10.6 Å². The highest BCUT2D eigenvalue weighted by Crippen LogP contribution is 2.38. The Morgan fingerprint density at radius 2 is 1.81 bits per heavy atom. The number of aryl methyl sites for hydroxylation is 1. The fraction of sp³-hybridized carbons (Fsp3) is 0.0370. The molecule has 0 spiro atoms. The van der Waals surface area contributed by atoms with Crippen molar-refractivity contribution in [3.05, 3.63) is 104 Å². The number of carbonyl (C=O) groups excluding carboxylic acids is 1. The molecule has 6 rings (SSSR count). The number of halogens is 1. The Labute approximate surface area is 217 Å². The van der Waals surface area contributed by atoms with Crippen molar-refractivity contribution in [1.82, 2.24) is 4.98 Å². The molecule has 176 valence electrons. The quantitative estimate of drug-likeness (QED) is 0.178. The third kappa shape index (κ3) is 3.89. The molecule has 0 aliphatic carbocycles. The minimum Gasteiger partial charge on any atom is -0.463 e. The van der Waals surface area contributed by atoms with E-state index in [1.165, 1.54) is 40.2 Å². The number of thiazole rings is 1. The molecule has 0 aliphatic rings. The molecule has 6 nitrogen and oxygen atoms in total. The Morgan fingerprint density at radius 1 is 1.03 bits per heavy atom. The summed E-state index contributed by atoms with van der Waals surface area (Å²) in [7, 11) is 0. The van der Waals surface area contributed by atoms with Gasteiger partial charge in [0.25, 0.3) is 5.91 Å². The first-order valence-electron chi connectivity index (χ1n) is 10.9. The second-order valence-corrected chi connectivity index (χ2v) is 10.5. The summed E-state index contributed by atoms with van der Waals surface area (Å²) in [6, 6.07) is 20.4. The van der Waals surface area contributed by atoms with Gasteiger partial charge in [0.05, 0.1) is 32.4 Å². The number of carbonyl (C=O) groups is 1. The third-order valence-electron chi connectivity index (χ3n) is 5.65. The van der Waals surface area contributed by atoms with Crippen LogP contribution < -0.4 is 10.4 Å². The van der Waals surface area contributed by atoms with Crippen LogP contribution in [0.4, 0.5) is 5.13 Å². The van der Waals surface area contributed by atoms with Crippen LogP contribution in [-0.2, 0) is 0 Å². The Kier molecular flexibility index (Phi) is 5.64. The van der Waals surface area contributed by atoms with Crippen molar-refractivity contribution in [2.24, 2.45) is 5.10 Å². The van der Waals surface area contributed by atoms with Crippen LogP contribution in [-0.4, -0.2) is 17.1 Å². The Hall–Kier alpha value is -3.85. The minimum atomic E-state index is -0.432. The number of hydrogen-bond acceptors (Lipinski definition) is 7. The number of rotatable bonds is 4. The van der Waals surface area contributed by atoms with E-state index in [1.807, 2.05) is 49.4 Å². The highest BCUT2D eigenvalue weighted by molar-refractivity contribution is 7.23. The number of anilines is 1. The lowest BCUT2D eigenvalue weighted by Gasteiger charge is -2.13. The van der Waals surface area contributed by atoms with Crippen LogP contribution in [0.1, 0.15) is 20.8 Å². The average molecular weight is 530 g/mol. The number of thiophene rings is 1. The van der Waals surface area contributed by atoms with Gasteiger partial charge in [-0.3, -0.25) is 9.59 Å². The lowest BCUT2D eigenvalue weighted by Crippen LogP contribution is -2.25. The summed E-state index contributed by atoms with van der Waals surface area (Å²) < 4.78 is 7.42. The van der Waals surface area contributed by atoms with E-state index >= 15 is 0 Å². The van der Waals surface area contributed by atoms with Gasteiger partial charge in [-0.25, -0.2) is 4.98 Å². The average Bonchev–Trinajstić information content (AvgIpc) is 3.46. The lowest BCUT2D eigenvalue weighted by molar-refractivity contribution is 0.0992. The first-order valence-corrected chi connectivity index (χ1v) is 12.9. The number of amides is 1. The molecule has 0 aliphatic heterocycles. The van der Waals surface area contributed by atoms with E-state index in [1.54, 1.807) is 24.3 Å². The van der Waals surface area contributed by atoms with Crippen molar-refractivity contribution in [3.63, 3.8) is 0 Å². The summed E-state index contributed by atoms with van der Waals surface area (Å²) in [5, 5.41) is 7.60. The van der Waals surface area contributed by atoms with E-state index in [-0.39, 0.29) is 11.0 Å². The molecule has 0 saturated carbocycles. The van der Waals surface area contributed by atoms with E-state index in [4.69, 9.17) is 16.0 Å². The van der Waals surface area contributed by atoms with Crippen LogP contribution in [0.25, 0.3) is 31.3 Å². The van der Waals surface area contributed by atoms with Crippen LogP contribution in [0.2, 0.25) is 5.02 Å². The molecule has 9 heteroatoms. The van der Waals surface area contributed by atoms with Gasteiger partial charge in [-0.15, -0.1) is 11.3 Å². The summed E-state index contributed by atoms with van der Waals surface area (Å²) in [6.45, 7) is 2.00. The second-order valence-electron chi connectivity index (χ2n) is 8.09. The number of para-hydroxylation sites is 1. The van der Waals surface area contributed by atoms with Crippen LogP contribution in [0.15, 0.2) is 87.3 Å². The van der Waals surface area contributed by atoms with E-state index in [2.05, 4.69) is 10.1 Å². The van der Waals surface area contributed by atoms with Gasteiger partial charge in [0.15, 0.2) is 0 Å². The van der Waals surface area contributed by atoms with E-state index in [0.717, 1.165) is 25.9 Å². The molecular formula is C27H16ClN3O3S2. The van der Waals surface area contributed by atoms with Gasteiger partial charge >= 0.3 is 0 Å². The summed E-state index contributed by atoms with van der Waals surface area (Å²) >= 11 is 9.25. The minimum absolute atomic E-state index is 0.214. The maximum atomic E-state index is 13.8. The molecule has 0 fully saturated rings. The highest BCUT2D eigenvalue weighted by atomic mass is 35.5. The maximum Gasteiger partial charge on any atom is 0.292 e. The predicted octanol–water partition coefficient (Wildman–Crippen LogP) is 7.26. The molecule has 0 N–H and O–H groups in total. The van der Waals surface area contributed by atoms with E-state index in [9.17, 15) is 9.59 Å². The molecule has 6 aromatic rings. The maximum absolute atomic E-state index is 13.8. The zero-order chi connectivity index (χ0) is 24.8. The number of aromatic nitrogens is 1. The van der Waals surface area contributed by atoms with Crippen LogP contribution in [0, 0.1) is 6.92 Å². The molecule has 3 aromatic carbocycles. The molecule has 0 radical (unpaired) electrons. The summed E-state index contributed by atoms with van der Waals surface area (Å²) in [4.78, 5) is 31.8. The number of hydrazone groups is 1. The standard InChI is InChI=1S/C27H16ClN3O3S2/c1-15-10-11-19-22(12-15)36-27(30-19)31(26(33)25-23(28)18-7-3-5-9-21(18)35-25)29-13-16-14-34-20-8-4-2-6-17(20)24(16)32/h2-14H,1H3/b29-13+. The SMILES string of the molecule is Cc1ccc2nc(N(/N=C/c3coc4ccccc4c3=O)C(=O)c3sc4ccccc4c3Cl)sc2c1. The normalized spacial score (nSPS) is 11.7. The van der Waals surface area contributed by atoms with Crippen molar-refractivity contribution in [3.8, 4) is 0 Å². The smallest absolute Gasteiger partial charge is 0.292 e. The van der Waals surface area contributed by atoms with Crippen LogP contribution >= 0.6 is 34.3 Å². The first-order chi connectivity index (χ1) is 17.5. The van der Waals surface area contributed by atoms with Gasteiger partial charge in [0, 0.05) is 10.1 Å². The van der Waals surface area contributed by atoms with E-state index in [0.29, 0.717) is 26.0 Å². The van der Waals surface area contributed by atoms with Crippen molar-refractivity contribution in [2.75, 3.05) is 5.01 Å². The largest absolute Gasteiger partial charge is 0.463 e. The molecule has 36 heavy (non-hydrogen) atoms. The number of nitrogens with zero attached hydrogens (tertiary/aromatic N) is 3. The number of fused-ring (bicyclic) bond motifs is 3. The summed E-state index contributed by atoms with van der Waals surface area (Å²) in [5.74, 6) is -0.432.